The minimum atomic E-state index is 0.788. The van der Waals surface area contributed by atoms with E-state index < -0.39 is 0 Å². The van der Waals surface area contributed by atoms with Crippen molar-refractivity contribution in [2.45, 2.75) is 0 Å². The van der Waals surface area contributed by atoms with Crippen LogP contribution in [0.4, 0.5) is 22.7 Å². The number of anilines is 4. The molecule has 1 saturated heterocycles. The summed E-state index contributed by atoms with van der Waals surface area (Å²) >= 11 is 5.63. The van der Waals surface area contributed by atoms with Crippen molar-refractivity contribution < 1.29 is 0 Å². The van der Waals surface area contributed by atoms with Crippen LogP contribution in [0, 0.1) is 0 Å². The molecule has 4 nitrogen and oxygen atoms in total. The Kier molecular flexibility index (Phi) is 5.73. The Hall–Kier alpha value is -3.05. The predicted molar refractivity (Wildman–Crippen MR) is 123 cm³/mol. The van der Waals surface area contributed by atoms with E-state index in [1.165, 1.54) is 5.69 Å². The molecular formula is C23H24N4S. The van der Waals surface area contributed by atoms with Crippen LogP contribution in [0.2, 0.25) is 0 Å². The normalized spacial score (nSPS) is 13.9. The van der Waals surface area contributed by atoms with Gasteiger partial charge in [-0.1, -0.05) is 36.4 Å². The van der Waals surface area contributed by atoms with Crippen LogP contribution in [-0.4, -0.2) is 36.2 Å². The summed E-state index contributed by atoms with van der Waals surface area (Å²) in [5, 5.41) is 7.55. The summed E-state index contributed by atoms with van der Waals surface area (Å²) in [6.45, 7) is 3.81. The average molecular weight is 389 g/mol. The van der Waals surface area contributed by atoms with Gasteiger partial charge in [-0.2, -0.15) is 0 Å². The SMILES string of the molecule is S=C(Nc1ccc(Nc2ccccc2)cc1)N1CCN(c2ccccc2)CC1. The molecule has 0 spiro atoms. The second-order valence-electron chi connectivity index (χ2n) is 6.81. The number of benzene rings is 3. The lowest BCUT2D eigenvalue weighted by atomic mass is 10.2. The van der Waals surface area contributed by atoms with Gasteiger partial charge in [0.25, 0.3) is 0 Å². The second kappa shape index (κ2) is 8.76. The van der Waals surface area contributed by atoms with Crippen LogP contribution in [0.15, 0.2) is 84.9 Å². The van der Waals surface area contributed by atoms with Gasteiger partial charge < -0.3 is 20.4 Å². The minimum absolute atomic E-state index is 0.788. The molecule has 0 aliphatic carbocycles. The molecule has 1 aliphatic heterocycles. The Morgan fingerprint density at radius 3 is 1.82 bits per heavy atom. The lowest BCUT2D eigenvalue weighted by Gasteiger charge is -2.37. The molecule has 5 heteroatoms. The molecule has 4 rings (SSSR count). The van der Waals surface area contributed by atoms with Crippen molar-refractivity contribution in [3.8, 4) is 0 Å². The maximum atomic E-state index is 5.63. The molecule has 1 fully saturated rings. The van der Waals surface area contributed by atoms with Gasteiger partial charge in [0.2, 0.25) is 0 Å². The zero-order valence-electron chi connectivity index (χ0n) is 15.7. The van der Waals surface area contributed by atoms with Crippen LogP contribution in [0.3, 0.4) is 0 Å². The first-order chi connectivity index (χ1) is 13.8. The van der Waals surface area contributed by atoms with Crippen LogP contribution in [0.5, 0.6) is 0 Å². The van der Waals surface area contributed by atoms with E-state index in [0.717, 1.165) is 48.4 Å². The van der Waals surface area contributed by atoms with Gasteiger partial charge in [0.1, 0.15) is 0 Å². The second-order valence-corrected chi connectivity index (χ2v) is 7.19. The van der Waals surface area contributed by atoms with Gasteiger partial charge in [-0.25, -0.2) is 0 Å². The van der Waals surface area contributed by atoms with Crippen molar-refractivity contribution in [2.75, 3.05) is 41.7 Å². The van der Waals surface area contributed by atoms with Crippen molar-refractivity contribution in [3.63, 3.8) is 0 Å². The van der Waals surface area contributed by atoms with E-state index in [1.54, 1.807) is 0 Å². The maximum Gasteiger partial charge on any atom is 0.173 e. The predicted octanol–water partition coefficient (Wildman–Crippen LogP) is 4.95. The first-order valence-electron chi connectivity index (χ1n) is 9.56. The van der Waals surface area contributed by atoms with Crippen LogP contribution >= 0.6 is 12.2 Å². The van der Waals surface area contributed by atoms with E-state index in [-0.39, 0.29) is 0 Å². The zero-order valence-corrected chi connectivity index (χ0v) is 16.5. The number of piperazine rings is 1. The fourth-order valence-electron chi connectivity index (χ4n) is 3.33. The molecular weight excluding hydrogens is 364 g/mol. The first kappa shape index (κ1) is 18.3. The van der Waals surface area contributed by atoms with Crippen LogP contribution < -0.4 is 15.5 Å². The topological polar surface area (TPSA) is 30.5 Å². The third-order valence-corrected chi connectivity index (χ3v) is 5.25. The molecule has 2 N–H and O–H groups in total. The van der Waals surface area contributed by atoms with Crippen molar-refractivity contribution in [1.82, 2.24) is 4.90 Å². The molecule has 142 valence electrons. The molecule has 0 bridgehead atoms. The quantitative estimate of drug-likeness (QED) is 0.618. The lowest BCUT2D eigenvalue weighted by molar-refractivity contribution is 0.391. The van der Waals surface area contributed by atoms with E-state index >= 15 is 0 Å². The van der Waals surface area contributed by atoms with Crippen LogP contribution in [0.1, 0.15) is 0 Å². The average Bonchev–Trinajstić information content (AvgIpc) is 2.76. The number of thiocarbonyl (C=S) groups is 1. The van der Waals surface area contributed by atoms with Gasteiger partial charge >= 0.3 is 0 Å². The van der Waals surface area contributed by atoms with Crippen molar-refractivity contribution >= 4 is 40.1 Å². The number of para-hydroxylation sites is 2. The molecule has 0 aromatic heterocycles. The standard InChI is InChI=1S/C23H24N4S/c28-23(27-17-15-26(16-18-27)22-9-5-2-6-10-22)25-21-13-11-20(12-14-21)24-19-7-3-1-4-8-19/h1-14,24H,15-18H2,(H,25,28). The maximum absolute atomic E-state index is 5.63. The summed E-state index contributed by atoms with van der Waals surface area (Å²) in [4.78, 5) is 4.65. The first-order valence-corrected chi connectivity index (χ1v) is 9.97. The molecule has 0 atom stereocenters. The monoisotopic (exact) mass is 388 g/mol. The summed E-state index contributed by atoms with van der Waals surface area (Å²) < 4.78 is 0. The highest BCUT2D eigenvalue weighted by molar-refractivity contribution is 7.80. The molecule has 28 heavy (non-hydrogen) atoms. The largest absolute Gasteiger partial charge is 0.368 e. The molecule has 0 saturated carbocycles. The molecule has 1 heterocycles. The zero-order chi connectivity index (χ0) is 19.2. The van der Waals surface area contributed by atoms with Crippen LogP contribution in [0.25, 0.3) is 0 Å². The highest BCUT2D eigenvalue weighted by Crippen LogP contribution is 2.20. The highest BCUT2D eigenvalue weighted by atomic mass is 32.1. The number of nitrogens with zero attached hydrogens (tertiary/aromatic N) is 2. The van der Waals surface area contributed by atoms with Gasteiger partial charge in [0.05, 0.1) is 0 Å². The third kappa shape index (κ3) is 4.61. The number of hydrogen-bond acceptors (Lipinski definition) is 3. The Morgan fingerprint density at radius 2 is 1.18 bits per heavy atom. The van der Waals surface area contributed by atoms with E-state index in [4.69, 9.17) is 12.2 Å². The number of nitrogens with one attached hydrogen (secondary N) is 2. The molecule has 0 amide bonds. The third-order valence-electron chi connectivity index (χ3n) is 4.89. The van der Waals surface area contributed by atoms with Crippen LogP contribution in [-0.2, 0) is 0 Å². The van der Waals surface area contributed by atoms with E-state index in [0.29, 0.717) is 0 Å². The fraction of sp³-hybridized carbons (Fsp3) is 0.174. The lowest BCUT2D eigenvalue weighted by Crippen LogP contribution is -2.50. The smallest absolute Gasteiger partial charge is 0.173 e. The van der Waals surface area contributed by atoms with E-state index in [1.807, 2.05) is 18.2 Å². The molecule has 3 aromatic rings. The summed E-state index contributed by atoms with van der Waals surface area (Å²) in [7, 11) is 0. The molecule has 1 aliphatic rings. The molecule has 0 unspecified atom stereocenters. The molecule has 0 radical (unpaired) electrons. The van der Waals surface area contributed by atoms with E-state index in [9.17, 15) is 0 Å². The Bertz CT molecular complexity index is 889. The Labute approximate surface area is 171 Å². The summed E-state index contributed by atoms with van der Waals surface area (Å²) in [5.41, 5.74) is 4.42. The molecule has 3 aromatic carbocycles. The van der Waals surface area contributed by atoms with Gasteiger partial charge in [-0.15, -0.1) is 0 Å². The Morgan fingerprint density at radius 1 is 0.643 bits per heavy atom. The van der Waals surface area contributed by atoms with E-state index in [2.05, 4.69) is 87.2 Å². The van der Waals surface area contributed by atoms with Crippen molar-refractivity contribution in [2.24, 2.45) is 0 Å². The van der Waals surface area contributed by atoms with Gasteiger partial charge in [-0.3, -0.25) is 0 Å². The van der Waals surface area contributed by atoms with Gasteiger partial charge in [-0.05, 0) is 60.7 Å². The minimum Gasteiger partial charge on any atom is -0.368 e. The Balaban J connectivity index is 1.29. The van der Waals surface area contributed by atoms with Gasteiger partial charge in [0.15, 0.2) is 5.11 Å². The highest BCUT2D eigenvalue weighted by Gasteiger charge is 2.19. The van der Waals surface area contributed by atoms with Gasteiger partial charge in [0, 0.05) is 48.9 Å². The summed E-state index contributed by atoms with van der Waals surface area (Å²) in [5.74, 6) is 0. The fourth-order valence-corrected chi connectivity index (χ4v) is 3.63. The van der Waals surface area contributed by atoms with Crippen molar-refractivity contribution in [3.05, 3.63) is 84.9 Å². The summed E-state index contributed by atoms with van der Waals surface area (Å²) in [6.07, 6.45) is 0. The number of hydrogen-bond donors (Lipinski definition) is 2. The summed E-state index contributed by atoms with van der Waals surface area (Å²) in [6, 6.07) is 28.9. The van der Waals surface area contributed by atoms with Crippen molar-refractivity contribution in [1.29, 1.82) is 0 Å². The number of rotatable bonds is 4.